The predicted molar refractivity (Wildman–Crippen MR) is 112 cm³/mol. The van der Waals surface area contributed by atoms with Crippen LogP contribution in [0.3, 0.4) is 0 Å². The molecule has 0 N–H and O–H groups in total. The highest BCUT2D eigenvalue weighted by Crippen LogP contribution is 2.33. The summed E-state index contributed by atoms with van der Waals surface area (Å²) in [5, 5.41) is 0. The Morgan fingerprint density at radius 2 is 1.64 bits per heavy atom. The Labute approximate surface area is 182 Å². The number of nitrogens with zero attached hydrogens (tertiary/aromatic N) is 1. The average Bonchev–Trinajstić information content (AvgIpc) is 2.74. The Hall–Kier alpha value is -1.19. The highest BCUT2D eigenvalue weighted by Gasteiger charge is 2.19. The van der Waals surface area contributed by atoms with Gasteiger partial charge in [-0.2, -0.15) is 0 Å². The van der Waals surface area contributed by atoms with E-state index in [4.69, 9.17) is 4.74 Å². The molecule has 1 fully saturated rings. The average molecular weight is 446 g/mol. The second kappa shape index (κ2) is 13.1. The normalized spacial score (nSPS) is 15.8. The van der Waals surface area contributed by atoms with Crippen molar-refractivity contribution in [3.05, 3.63) is 66.0 Å². The number of aromatic nitrogens is 1. The molecule has 3 rings (SSSR count). The van der Waals surface area contributed by atoms with E-state index in [0.29, 0.717) is 0 Å². The molecule has 2 nitrogen and oxygen atoms in total. The minimum atomic E-state index is 0. The Morgan fingerprint density at radius 1 is 0.929 bits per heavy atom. The number of rotatable bonds is 10. The SMILES string of the molecule is CCCCCCOC(C[n+]1ccccc1)c1ccc(C2CCCCC2)cc1.[Br-]. The first-order valence-electron chi connectivity index (χ1n) is 11.0. The van der Waals surface area contributed by atoms with Gasteiger partial charge in [0.25, 0.3) is 0 Å². The van der Waals surface area contributed by atoms with Crippen LogP contribution in [0.5, 0.6) is 0 Å². The lowest BCUT2D eigenvalue weighted by Crippen LogP contribution is -3.00. The van der Waals surface area contributed by atoms with Crippen LogP contribution in [0.25, 0.3) is 0 Å². The van der Waals surface area contributed by atoms with Crippen molar-refractivity contribution in [1.82, 2.24) is 0 Å². The van der Waals surface area contributed by atoms with Crippen LogP contribution in [-0.4, -0.2) is 6.61 Å². The van der Waals surface area contributed by atoms with Gasteiger partial charge in [-0.25, -0.2) is 4.57 Å². The van der Waals surface area contributed by atoms with E-state index in [1.165, 1.54) is 62.5 Å². The molecule has 1 aromatic heterocycles. The molecular formula is C25H36BrNO. The molecular weight excluding hydrogens is 410 g/mol. The fourth-order valence-electron chi connectivity index (χ4n) is 4.18. The molecule has 1 saturated carbocycles. The summed E-state index contributed by atoms with van der Waals surface area (Å²) < 4.78 is 8.57. The van der Waals surface area contributed by atoms with Gasteiger partial charge in [0.2, 0.25) is 0 Å². The van der Waals surface area contributed by atoms with E-state index in [1.807, 2.05) is 0 Å². The summed E-state index contributed by atoms with van der Waals surface area (Å²) in [6.45, 7) is 3.98. The lowest BCUT2D eigenvalue weighted by atomic mass is 9.84. The maximum absolute atomic E-state index is 6.34. The Kier molecular flexibility index (Phi) is 10.8. The molecule has 1 atom stereocenters. The van der Waals surface area contributed by atoms with Gasteiger partial charge in [-0.15, -0.1) is 0 Å². The summed E-state index contributed by atoms with van der Waals surface area (Å²) in [7, 11) is 0. The van der Waals surface area contributed by atoms with E-state index in [0.717, 1.165) is 25.5 Å². The molecule has 0 spiro atoms. The zero-order valence-electron chi connectivity index (χ0n) is 17.4. The molecule has 0 aliphatic heterocycles. The van der Waals surface area contributed by atoms with E-state index in [-0.39, 0.29) is 23.1 Å². The van der Waals surface area contributed by atoms with Gasteiger partial charge in [0, 0.05) is 18.7 Å². The van der Waals surface area contributed by atoms with Crippen molar-refractivity contribution in [1.29, 1.82) is 0 Å². The van der Waals surface area contributed by atoms with Gasteiger partial charge >= 0.3 is 0 Å². The van der Waals surface area contributed by atoms with Gasteiger partial charge in [0.1, 0.15) is 6.10 Å². The van der Waals surface area contributed by atoms with E-state index in [9.17, 15) is 0 Å². The molecule has 1 aromatic carbocycles. The fourth-order valence-corrected chi connectivity index (χ4v) is 4.18. The van der Waals surface area contributed by atoms with E-state index >= 15 is 0 Å². The van der Waals surface area contributed by atoms with Crippen molar-refractivity contribution in [2.45, 2.75) is 83.3 Å². The molecule has 1 heterocycles. The number of benzene rings is 1. The van der Waals surface area contributed by atoms with Crippen LogP contribution in [0.1, 0.15) is 87.9 Å². The smallest absolute Gasteiger partial charge is 0.178 e. The topological polar surface area (TPSA) is 13.1 Å². The number of ether oxygens (including phenoxy) is 1. The van der Waals surface area contributed by atoms with E-state index in [2.05, 4.69) is 66.3 Å². The van der Waals surface area contributed by atoms with Crippen molar-refractivity contribution >= 4 is 0 Å². The maximum Gasteiger partial charge on any atom is 0.178 e. The maximum atomic E-state index is 6.34. The van der Waals surface area contributed by atoms with Gasteiger partial charge in [-0.1, -0.05) is 75.8 Å². The third-order valence-electron chi connectivity index (χ3n) is 5.86. The van der Waals surface area contributed by atoms with Gasteiger partial charge in [-0.05, 0) is 36.3 Å². The molecule has 2 aromatic rings. The van der Waals surface area contributed by atoms with Crippen LogP contribution in [0.15, 0.2) is 54.9 Å². The first kappa shape index (κ1) is 23.1. The summed E-state index contributed by atoms with van der Waals surface area (Å²) in [6.07, 6.45) is 16.3. The highest BCUT2D eigenvalue weighted by atomic mass is 79.9. The summed E-state index contributed by atoms with van der Waals surface area (Å²) in [4.78, 5) is 0. The van der Waals surface area contributed by atoms with Crippen LogP contribution in [0.4, 0.5) is 0 Å². The molecule has 1 aliphatic carbocycles. The van der Waals surface area contributed by atoms with Gasteiger partial charge in [0.15, 0.2) is 18.9 Å². The molecule has 3 heteroatoms. The quantitative estimate of drug-likeness (QED) is 0.403. The monoisotopic (exact) mass is 445 g/mol. The number of pyridine rings is 1. The molecule has 0 radical (unpaired) electrons. The van der Waals surface area contributed by atoms with Gasteiger partial charge in [0.05, 0.1) is 0 Å². The number of hydrogen-bond donors (Lipinski definition) is 0. The molecule has 0 amide bonds. The van der Waals surface area contributed by atoms with Crippen molar-refractivity contribution < 1.29 is 26.3 Å². The molecule has 28 heavy (non-hydrogen) atoms. The van der Waals surface area contributed by atoms with Gasteiger partial charge < -0.3 is 21.7 Å². The lowest BCUT2D eigenvalue weighted by Gasteiger charge is -2.23. The minimum Gasteiger partial charge on any atom is -1.00 e. The Bertz CT molecular complexity index is 637. The molecule has 0 saturated heterocycles. The van der Waals surface area contributed by atoms with Crippen LogP contribution in [0.2, 0.25) is 0 Å². The zero-order valence-corrected chi connectivity index (χ0v) is 18.9. The van der Waals surface area contributed by atoms with E-state index in [1.54, 1.807) is 0 Å². The van der Waals surface area contributed by atoms with Crippen molar-refractivity contribution in [3.63, 3.8) is 0 Å². The Morgan fingerprint density at radius 3 is 2.32 bits per heavy atom. The molecule has 154 valence electrons. The van der Waals surface area contributed by atoms with Crippen molar-refractivity contribution in [3.8, 4) is 0 Å². The van der Waals surface area contributed by atoms with E-state index < -0.39 is 0 Å². The van der Waals surface area contributed by atoms with Crippen LogP contribution >= 0.6 is 0 Å². The summed E-state index contributed by atoms with van der Waals surface area (Å²) in [5.74, 6) is 0.768. The van der Waals surface area contributed by atoms with Crippen LogP contribution in [-0.2, 0) is 11.3 Å². The minimum absolute atomic E-state index is 0. The predicted octanol–water partition coefficient (Wildman–Crippen LogP) is 3.36. The summed E-state index contributed by atoms with van der Waals surface area (Å²) in [5.41, 5.74) is 2.83. The first-order valence-corrected chi connectivity index (χ1v) is 11.0. The lowest BCUT2D eigenvalue weighted by molar-refractivity contribution is -0.705. The zero-order chi connectivity index (χ0) is 18.7. The van der Waals surface area contributed by atoms with Gasteiger partial charge in [-0.3, -0.25) is 0 Å². The van der Waals surface area contributed by atoms with Crippen molar-refractivity contribution in [2.24, 2.45) is 0 Å². The first-order chi connectivity index (χ1) is 13.4. The number of unbranched alkanes of at least 4 members (excludes halogenated alkanes) is 3. The summed E-state index contributed by atoms with van der Waals surface area (Å²) >= 11 is 0. The third kappa shape index (κ3) is 7.33. The molecule has 1 aliphatic rings. The summed E-state index contributed by atoms with van der Waals surface area (Å²) in [6, 6.07) is 15.6. The second-order valence-electron chi connectivity index (χ2n) is 7.99. The number of hydrogen-bond acceptors (Lipinski definition) is 1. The van der Waals surface area contributed by atoms with Crippen LogP contribution in [0, 0.1) is 0 Å². The standard InChI is InChI=1S/C25H36NO.BrH/c1-2-3-4-11-20-27-25(21-26-18-9-6-10-19-26)24-16-14-23(15-17-24)22-12-7-5-8-13-22;/h6,9-10,14-19,22,25H,2-5,7-8,11-13,20-21H2,1H3;1H/q+1;/p-1. The second-order valence-corrected chi connectivity index (χ2v) is 7.99. The molecule has 1 unspecified atom stereocenters. The number of halogens is 1. The fraction of sp³-hybridized carbons (Fsp3) is 0.560. The van der Waals surface area contributed by atoms with Crippen molar-refractivity contribution in [2.75, 3.05) is 6.61 Å². The van der Waals surface area contributed by atoms with Crippen LogP contribution < -0.4 is 21.5 Å². The largest absolute Gasteiger partial charge is 1.00 e. The molecule has 0 bridgehead atoms. The Balaban J connectivity index is 0.00000280. The third-order valence-corrected chi connectivity index (χ3v) is 5.86. The highest BCUT2D eigenvalue weighted by molar-refractivity contribution is 5.27.